The maximum atomic E-state index is 11.5. The van der Waals surface area contributed by atoms with Crippen LogP contribution in [0.15, 0.2) is 47.4 Å². The second kappa shape index (κ2) is 8.04. The number of hydrogen-bond donors (Lipinski definition) is 2. The van der Waals surface area contributed by atoms with Crippen LogP contribution in [-0.2, 0) is 11.0 Å². The molecule has 1 unspecified atom stereocenters. The number of benzene rings is 2. The van der Waals surface area contributed by atoms with E-state index in [1.165, 1.54) is 12.1 Å². The van der Waals surface area contributed by atoms with Gasteiger partial charge in [0.15, 0.2) is 5.75 Å². The fourth-order valence-corrected chi connectivity index (χ4v) is 2.14. The molecule has 0 fully saturated rings. The van der Waals surface area contributed by atoms with Crippen LogP contribution in [0.4, 0.5) is 5.69 Å². The van der Waals surface area contributed by atoms with E-state index in [9.17, 15) is 4.21 Å². The summed E-state index contributed by atoms with van der Waals surface area (Å²) in [5, 5.41) is 14.3. The zero-order chi connectivity index (χ0) is 15.8. The zero-order valence-corrected chi connectivity index (χ0v) is 12.7. The molecule has 2 aromatic rings. The minimum absolute atomic E-state index is 0.195. The molecule has 0 radical (unpaired) electrons. The number of anilines is 1. The van der Waals surface area contributed by atoms with Gasteiger partial charge in [0.25, 0.3) is 0 Å². The monoisotopic (exact) mass is 303 g/mol. The third kappa shape index (κ3) is 4.31. The van der Waals surface area contributed by atoms with E-state index in [4.69, 9.17) is 20.9 Å². The first-order valence-electron chi connectivity index (χ1n) is 6.34. The maximum Gasteiger partial charge on any atom is 0.167 e. The van der Waals surface area contributed by atoms with Crippen LogP contribution in [0.2, 0.25) is 0 Å². The second-order valence-corrected chi connectivity index (χ2v) is 4.75. The highest BCUT2D eigenvalue weighted by Gasteiger charge is 2.15. The third-order valence-corrected chi connectivity index (χ3v) is 3.13. The minimum Gasteiger partial charge on any atom is -0.454 e. The Labute approximate surface area is 126 Å². The molecule has 0 aromatic heterocycles. The Hall–Kier alpha value is -2.36. The summed E-state index contributed by atoms with van der Waals surface area (Å²) >= 11 is 0. The van der Waals surface area contributed by atoms with Gasteiger partial charge in [0.05, 0.1) is 17.3 Å². The van der Waals surface area contributed by atoms with Crippen molar-refractivity contribution in [3.8, 4) is 17.6 Å². The minimum atomic E-state index is -1.79. The lowest BCUT2D eigenvalue weighted by atomic mass is 10.2. The van der Waals surface area contributed by atoms with E-state index in [0.717, 1.165) is 0 Å². The second-order valence-electron chi connectivity index (χ2n) is 3.72. The number of rotatable bonds is 3. The summed E-state index contributed by atoms with van der Waals surface area (Å²) in [7, 11) is -1.79. The highest BCUT2D eigenvalue weighted by atomic mass is 32.2. The van der Waals surface area contributed by atoms with Crippen molar-refractivity contribution in [2.75, 3.05) is 5.73 Å². The smallest absolute Gasteiger partial charge is 0.167 e. The number of para-hydroxylation sites is 1. The Balaban J connectivity index is 0.00000106. The molecule has 110 valence electrons. The Kier molecular flexibility index (Phi) is 6.40. The van der Waals surface area contributed by atoms with Gasteiger partial charge in [-0.15, -0.1) is 0 Å². The van der Waals surface area contributed by atoms with Crippen LogP contribution in [0.3, 0.4) is 0 Å². The van der Waals surface area contributed by atoms with Crippen LogP contribution in [0, 0.1) is 11.3 Å². The van der Waals surface area contributed by atoms with Crippen LogP contribution in [0.1, 0.15) is 19.4 Å². The molecule has 0 saturated carbocycles. The highest BCUT2D eigenvalue weighted by Crippen LogP contribution is 2.33. The molecule has 4 N–H and O–H groups in total. The third-order valence-electron chi connectivity index (χ3n) is 2.39. The van der Waals surface area contributed by atoms with E-state index >= 15 is 0 Å². The normalized spacial score (nSPS) is 10.8. The van der Waals surface area contributed by atoms with Crippen LogP contribution in [-0.4, -0.2) is 4.21 Å². The molecule has 0 aliphatic carbocycles. The summed E-state index contributed by atoms with van der Waals surface area (Å²) < 4.78 is 17.1. The summed E-state index contributed by atoms with van der Waals surface area (Å²) in [6.45, 7) is 4.00. The topological polar surface area (TPSA) is 102 Å². The molecule has 6 heteroatoms. The van der Waals surface area contributed by atoms with E-state index in [0.29, 0.717) is 5.75 Å². The van der Waals surface area contributed by atoms with E-state index < -0.39 is 11.0 Å². The molecule has 0 spiro atoms. The van der Waals surface area contributed by atoms with Crippen LogP contribution >= 0.6 is 0 Å². The average Bonchev–Trinajstić information content (AvgIpc) is 2.51. The number of hydrogen-bond acceptors (Lipinski definition) is 4. The molecule has 1 atom stereocenters. The lowest BCUT2D eigenvalue weighted by Gasteiger charge is -2.12. The summed E-state index contributed by atoms with van der Waals surface area (Å²) in [4.78, 5) is 0.195. The van der Waals surface area contributed by atoms with Crippen LogP contribution in [0.25, 0.3) is 0 Å². The van der Waals surface area contributed by atoms with Crippen molar-refractivity contribution in [3.05, 3.63) is 48.0 Å². The molecule has 0 heterocycles. The van der Waals surface area contributed by atoms with Crippen molar-refractivity contribution >= 4 is 16.7 Å². The van der Waals surface area contributed by atoms with Crippen molar-refractivity contribution in [3.63, 3.8) is 0 Å². The number of nitrogen functional groups attached to an aromatic ring is 1. The lowest BCUT2D eigenvalue weighted by Crippen LogP contribution is -2.07. The Bertz CT molecular complexity index is 667. The maximum absolute atomic E-state index is 11.5. The molecular formula is C15H17N3O2S. The van der Waals surface area contributed by atoms with Gasteiger partial charge in [-0.25, -0.2) is 9.35 Å². The van der Waals surface area contributed by atoms with Crippen molar-refractivity contribution in [2.24, 2.45) is 5.14 Å². The summed E-state index contributed by atoms with van der Waals surface area (Å²) in [6, 6.07) is 13.7. The molecule has 21 heavy (non-hydrogen) atoms. The molecule has 0 aliphatic heterocycles. The van der Waals surface area contributed by atoms with Gasteiger partial charge in [0.1, 0.15) is 21.6 Å². The van der Waals surface area contributed by atoms with E-state index in [-0.39, 0.29) is 21.9 Å². The van der Waals surface area contributed by atoms with Crippen molar-refractivity contribution in [1.82, 2.24) is 0 Å². The predicted octanol–water partition coefficient (Wildman–Crippen LogP) is 2.94. The molecule has 0 aliphatic rings. The van der Waals surface area contributed by atoms with Crippen LogP contribution < -0.4 is 15.6 Å². The van der Waals surface area contributed by atoms with Gasteiger partial charge >= 0.3 is 0 Å². The number of ether oxygens (including phenoxy) is 1. The van der Waals surface area contributed by atoms with Crippen LogP contribution in [0.5, 0.6) is 11.5 Å². The van der Waals surface area contributed by atoms with Gasteiger partial charge in [0.2, 0.25) is 0 Å². The van der Waals surface area contributed by atoms with Gasteiger partial charge < -0.3 is 10.5 Å². The standard InChI is InChI=1S/C13H11N3O2S.C2H6/c14-8-9-6-11(15)13(12(7-9)19(16)17)18-10-4-2-1-3-5-10;1-2/h1-7H,15-16H2;1-2H3. The zero-order valence-electron chi connectivity index (χ0n) is 11.9. The van der Waals surface area contributed by atoms with Crippen molar-refractivity contribution in [2.45, 2.75) is 18.7 Å². The molecule has 2 rings (SSSR count). The van der Waals surface area contributed by atoms with E-state index in [2.05, 4.69) is 0 Å². The number of nitriles is 1. The molecule has 2 aromatic carbocycles. The fraction of sp³-hybridized carbons (Fsp3) is 0.133. The SMILES string of the molecule is CC.N#Cc1cc(N)c(Oc2ccccc2)c(S(N)=O)c1. The first-order chi connectivity index (χ1) is 10.1. The first-order valence-corrected chi connectivity index (χ1v) is 7.56. The Morgan fingerprint density at radius 3 is 2.33 bits per heavy atom. The van der Waals surface area contributed by atoms with E-state index in [1.54, 1.807) is 24.3 Å². The lowest BCUT2D eigenvalue weighted by molar-refractivity contribution is 0.472. The first kappa shape index (κ1) is 16.7. The number of nitrogens with zero attached hydrogens (tertiary/aromatic N) is 1. The molecular weight excluding hydrogens is 286 g/mol. The van der Waals surface area contributed by atoms with Crippen molar-refractivity contribution < 1.29 is 8.95 Å². The van der Waals surface area contributed by atoms with Gasteiger partial charge in [0, 0.05) is 0 Å². The predicted molar refractivity (Wildman–Crippen MR) is 84.0 cm³/mol. The summed E-state index contributed by atoms with van der Waals surface area (Å²) in [6.07, 6.45) is 0. The molecule has 0 saturated heterocycles. The van der Waals surface area contributed by atoms with E-state index in [1.807, 2.05) is 26.0 Å². The summed E-state index contributed by atoms with van der Waals surface area (Å²) in [5.41, 5.74) is 6.32. The number of nitrogens with two attached hydrogens (primary N) is 2. The van der Waals surface area contributed by atoms with Gasteiger partial charge in [-0.3, -0.25) is 0 Å². The largest absolute Gasteiger partial charge is 0.454 e. The average molecular weight is 303 g/mol. The highest BCUT2D eigenvalue weighted by molar-refractivity contribution is 7.82. The van der Waals surface area contributed by atoms with Gasteiger partial charge in [-0.1, -0.05) is 32.0 Å². The fourth-order valence-electron chi connectivity index (χ4n) is 1.55. The van der Waals surface area contributed by atoms with Gasteiger partial charge in [-0.2, -0.15) is 5.26 Å². The quantitative estimate of drug-likeness (QED) is 0.851. The summed E-state index contributed by atoms with van der Waals surface area (Å²) in [5.74, 6) is 0.761. The molecule has 0 amide bonds. The molecule has 0 bridgehead atoms. The van der Waals surface area contributed by atoms with Gasteiger partial charge in [-0.05, 0) is 24.3 Å². The van der Waals surface area contributed by atoms with Crippen molar-refractivity contribution in [1.29, 1.82) is 5.26 Å². The Morgan fingerprint density at radius 1 is 1.19 bits per heavy atom. The Morgan fingerprint density at radius 2 is 1.81 bits per heavy atom. The molecule has 5 nitrogen and oxygen atoms in total.